The first-order chi connectivity index (χ1) is 12.7. The lowest BCUT2D eigenvalue weighted by Gasteiger charge is -2.31. The van der Waals surface area contributed by atoms with Gasteiger partial charge >= 0.3 is 0 Å². The van der Waals surface area contributed by atoms with Crippen molar-refractivity contribution >= 4 is 28.6 Å². The van der Waals surface area contributed by atoms with Gasteiger partial charge in [-0.25, -0.2) is 4.98 Å². The van der Waals surface area contributed by atoms with Crippen LogP contribution in [0.2, 0.25) is 0 Å². The molecule has 134 valence electrons. The van der Waals surface area contributed by atoms with E-state index in [1.165, 1.54) is 0 Å². The fourth-order valence-corrected chi connectivity index (χ4v) is 4.63. The number of thiophene rings is 2. The van der Waals surface area contributed by atoms with Crippen molar-refractivity contribution < 1.29 is 4.79 Å². The van der Waals surface area contributed by atoms with Crippen LogP contribution in [0.4, 0.5) is 0 Å². The fraction of sp³-hybridized carbons (Fsp3) is 0.316. The molecule has 0 bridgehead atoms. The van der Waals surface area contributed by atoms with Crippen LogP contribution in [0.25, 0.3) is 11.3 Å². The molecule has 1 saturated heterocycles. The molecule has 1 aliphatic rings. The Morgan fingerprint density at radius 3 is 2.65 bits per heavy atom. The first-order valence-corrected chi connectivity index (χ1v) is 10.5. The van der Waals surface area contributed by atoms with Crippen molar-refractivity contribution in [1.29, 1.82) is 0 Å². The van der Waals surface area contributed by atoms with Gasteiger partial charge in [0.25, 0.3) is 5.56 Å². The Bertz CT molecular complexity index is 924. The molecule has 4 heterocycles. The second-order valence-electron chi connectivity index (χ2n) is 6.49. The van der Waals surface area contributed by atoms with E-state index < -0.39 is 0 Å². The average Bonchev–Trinajstić information content (AvgIpc) is 3.35. The lowest BCUT2D eigenvalue weighted by molar-refractivity contribution is -0.131. The van der Waals surface area contributed by atoms with Crippen molar-refractivity contribution in [2.24, 2.45) is 0 Å². The Kier molecular flexibility index (Phi) is 4.99. The number of H-pyrrole nitrogens is 1. The van der Waals surface area contributed by atoms with Crippen LogP contribution in [0.1, 0.15) is 30.1 Å². The molecule has 0 aliphatic carbocycles. The molecule has 1 N–H and O–H groups in total. The number of likely N-dealkylation sites (tertiary alicyclic amines) is 1. The zero-order chi connectivity index (χ0) is 17.9. The zero-order valence-electron chi connectivity index (χ0n) is 14.2. The lowest BCUT2D eigenvalue weighted by Crippen LogP contribution is -2.39. The highest BCUT2D eigenvalue weighted by atomic mass is 32.1. The minimum Gasteiger partial charge on any atom is -0.342 e. The Labute approximate surface area is 159 Å². The molecular formula is C19H19N3O2S2. The van der Waals surface area contributed by atoms with E-state index >= 15 is 0 Å². The van der Waals surface area contributed by atoms with Gasteiger partial charge in [-0.3, -0.25) is 9.59 Å². The number of piperidine rings is 1. The highest BCUT2D eigenvalue weighted by Crippen LogP contribution is 2.27. The number of carbonyl (C=O) groups is 1. The molecule has 0 radical (unpaired) electrons. The third-order valence-electron chi connectivity index (χ3n) is 4.75. The summed E-state index contributed by atoms with van der Waals surface area (Å²) in [4.78, 5) is 34.0. The largest absolute Gasteiger partial charge is 0.342 e. The monoisotopic (exact) mass is 385 g/mol. The Hall–Kier alpha value is -2.25. The van der Waals surface area contributed by atoms with Gasteiger partial charge in [0, 0.05) is 36.0 Å². The average molecular weight is 386 g/mol. The van der Waals surface area contributed by atoms with E-state index in [0.29, 0.717) is 19.5 Å². The molecule has 0 saturated carbocycles. The lowest BCUT2D eigenvalue weighted by atomic mass is 9.95. The predicted octanol–water partition coefficient (Wildman–Crippen LogP) is 3.51. The number of hydrogen-bond donors (Lipinski definition) is 1. The number of amides is 1. The zero-order valence-corrected chi connectivity index (χ0v) is 15.8. The molecule has 26 heavy (non-hydrogen) atoms. The molecule has 1 amide bonds. The van der Waals surface area contributed by atoms with Crippen LogP contribution >= 0.6 is 22.7 Å². The molecule has 4 rings (SSSR count). The molecule has 5 nitrogen and oxygen atoms in total. The highest BCUT2D eigenvalue weighted by molar-refractivity contribution is 7.08. The molecule has 1 fully saturated rings. The first kappa shape index (κ1) is 17.2. The van der Waals surface area contributed by atoms with Gasteiger partial charge in [-0.1, -0.05) is 0 Å². The first-order valence-electron chi connectivity index (χ1n) is 8.62. The number of carbonyl (C=O) groups excluding carboxylic acids is 1. The molecule has 3 aromatic heterocycles. The summed E-state index contributed by atoms with van der Waals surface area (Å²) in [6.45, 7) is 1.42. The fourth-order valence-electron chi connectivity index (χ4n) is 3.31. The van der Waals surface area contributed by atoms with Gasteiger partial charge in [-0.2, -0.15) is 22.7 Å². The van der Waals surface area contributed by atoms with Crippen LogP contribution in [0, 0.1) is 0 Å². The Morgan fingerprint density at radius 2 is 1.96 bits per heavy atom. The third kappa shape index (κ3) is 3.78. The third-order valence-corrected chi connectivity index (χ3v) is 6.16. The summed E-state index contributed by atoms with van der Waals surface area (Å²) in [7, 11) is 0. The topological polar surface area (TPSA) is 66.1 Å². The van der Waals surface area contributed by atoms with Crippen molar-refractivity contribution in [2.75, 3.05) is 13.1 Å². The van der Waals surface area contributed by atoms with Crippen molar-refractivity contribution in [3.05, 3.63) is 61.5 Å². The van der Waals surface area contributed by atoms with Crippen molar-refractivity contribution in [1.82, 2.24) is 14.9 Å². The minimum absolute atomic E-state index is 0.118. The van der Waals surface area contributed by atoms with E-state index in [2.05, 4.69) is 9.97 Å². The van der Waals surface area contributed by atoms with Crippen LogP contribution in [-0.4, -0.2) is 33.9 Å². The quantitative estimate of drug-likeness (QED) is 0.747. The van der Waals surface area contributed by atoms with E-state index in [4.69, 9.17) is 0 Å². The highest BCUT2D eigenvalue weighted by Gasteiger charge is 2.25. The summed E-state index contributed by atoms with van der Waals surface area (Å²) in [6, 6.07) is 5.52. The molecular weight excluding hydrogens is 366 g/mol. The second kappa shape index (κ2) is 7.55. The van der Waals surface area contributed by atoms with Gasteiger partial charge < -0.3 is 9.88 Å². The van der Waals surface area contributed by atoms with E-state index in [9.17, 15) is 9.59 Å². The molecule has 1 aliphatic heterocycles. The number of aromatic nitrogens is 2. The summed E-state index contributed by atoms with van der Waals surface area (Å²) in [5, 5.41) is 8.00. The van der Waals surface area contributed by atoms with Gasteiger partial charge in [0.1, 0.15) is 5.82 Å². The Morgan fingerprint density at radius 1 is 1.19 bits per heavy atom. The summed E-state index contributed by atoms with van der Waals surface area (Å²) >= 11 is 3.21. The Balaban J connectivity index is 1.43. The van der Waals surface area contributed by atoms with Crippen LogP contribution < -0.4 is 5.56 Å². The van der Waals surface area contributed by atoms with E-state index in [-0.39, 0.29) is 17.4 Å². The van der Waals surface area contributed by atoms with E-state index in [1.54, 1.807) is 28.7 Å². The summed E-state index contributed by atoms with van der Waals surface area (Å²) in [6.07, 6.45) is 2.12. The van der Waals surface area contributed by atoms with Gasteiger partial charge in [0.2, 0.25) is 5.91 Å². The van der Waals surface area contributed by atoms with Crippen molar-refractivity contribution in [3.63, 3.8) is 0 Å². The number of rotatable bonds is 4. The second-order valence-corrected chi connectivity index (χ2v) is 8.05. The minimum atomic E-state index is -0.118. The predicted molar refractivity (Wildman–Crippen MR) is 105 cm³/mol. The van der Waals surface area contributed by atoms with Gasteiger partial charge in [0.05, 0.1) is 12.1 Å². The van der Waals surface area contributed by atoms with Crippen LogP contribution in [0.5, 0.6) is 0 Å². The summed E-state index contributed by atoms with van der Waals surface area (Å²) in [5.41, 5.74) is 2.66. The molecule has 3 aromatic rings. The van der Waals surface area contributed by atoms with Gasteiger partial charge in [0.15, 0.2) is 0 Å². The smallest absolute Gasteiger partial charge is 0.251 e. The SMILES string of the molecule is O=C(Cc1ccsc1)N1CCC(c2nc(-c3ccsc3)cc(=O)[nH]2)CC1. The summed E-state index contributed by atoms with van der Waals surface area (Å²) in [5.74, 6) is 1.10. The molecule has 0 aromatic carbocycles. The van der Waals surface area contributed by atoms with Crippen molar-refractivity contribution in [2.45, 2.75) is 25.2 Å². The maximum absolute atomic E-state index is 12.4. The molecule has 7 heteroatoms. The van der Waals surface area contributed by atoms with Gasteiger partial charge in [-0.15, -0.1) is 0 Å². The number of nitrogens with zero attached hydrogens (tertiary/aromatic N) is 2. The molecule has 0 unspecified atom stereocenters. The molecule has 0 atom stereocenters. The van der Waals surface area contributed by atoms with Crippen LogP contribution in [0.3, 0.4) is 0 Å². The van der Waals surface area contributed by atoms with E-state index in [0.717, 1.165) is 35.5 Å². The van der Waals surface area contributed by atoms with Crippen LogP contribution in [-0.2, 0) is 11.2 Å². The van der Waals surface area contributed by atoms with Crippen LogP contribution in [0.15, 0.2) is 44.5 Å². The van der Waals surface area contributed by atoms with Crippen molar-refractivity contribution in [3.8, 4) is 11.3 Å². The number of hydrogen-bond acceptors (Lipinski definition) is 5. The number of nitrogens with one attached hydrogen (secondary N) is 1. The number of aromatic amines is 1. The maximum Gasteiger partial charge on any atom is 0.251 e. The normalized spacial score (nSPS) is 15.3. The molecule has 0 spiro atoms. The van der Waals surface area contributed by atoms with E-state index in [1.807, 2.05) is 38.6 Å². The maximum atomic E-state index is 12.4. The summed E-state index contributed by atoms with van der Waals surface area (Å²) < 4.78 is 0. The van der Waals surface area contributed by atoms with Gasteiger partial charge in [-0.05, 0) is 46.7 Å². The standard InChI is InChI=1S/C19H19N3O2S2/c23-17-10-16(15-4-8-26-12-15)20-19(21-17)14-1-5-22(6-2-14)18(24)9-13-3-7-25-11-13/h3-4,7-8,10-12,14H,1-2,5-6,9H2,(H,20,21,23).